The van der Waals surface area contributed by atoms with Crippen LogP contribution in [0.15, 0.2) is 47.6 Å². The van der Waals surface area contributed by atoms with Crippen LogP contribution in [0.1, 0.15) is 11.4 Å². The normalized spacial score (nSPS) is 11.9. The third-order valence-corrected chi connectivity index (χ3v) is 5.41. The summed E-state index contributed by atoms with van der Waals surface area (Å²) >= 11 is 7.02. The first-order valence-corrected chi connectivity index (χ1v) is 10.0. The Labute approximate surface area is 177 Å². The third-order valence-electron chi connectivity index (χ3n) is 4.16. The molecule has 2 aromatic carbocycles. The number of benzene rings is 2. The van der Waals surface area contributed by atoms with Gasteiger partial charge in [0.2, 0.25) is 5.91 Å². The molecule has 6 nitrogen and oxygen atoms in total. The number of halogens is 4. The van der Waals surface area contributed by atoms with Gasteiger partial charge < -0.3 is 5.32 Å². The van der Waals surface area contributed by atoms with Crippen LogP contribution < -0.4 is 5.32 Å². The average molecular weight is 452 g/mol. The van der Waals surface area contributed by atoms with Crippen molar-refractivity contribution in [2.45, 2.75) is 18.3 Å². The van der Waals surface area contributed by atoms with Crippen LogP contribution in [0.5, 0.6) is 0 Å². The Morgan fingerprint density at radius 3 is 2.73 bits per heavy atom. The monoisotopic (exact) mass is 451 g/mol. The molecule has 0 aliphatic rings. The molecule has 0 aliphatic heterocycles. The van der Waals surface area contributed by atoms with Crippen LogP contribution in [-0.4, -0.2) is 31.2 Å². The number of aryl methyl sites for hydroxylation is 1. The van der Waals surface area contributed by atoms with Gasteiger partial charge in [-0.3, -0.25) is 4.79 Å². The van der Waals surface area contributed by atoms with Gasteiger partial charge in [-0.1, -0.05) is 35.5 Å². The number of carbonyl (C=O) groups excluding carboxylic acids is 1. The van der Waals surface area contributed by atoms with Crippen LogP contribution in [0.4, 0.5) is 18.9 Å². The Bertz CT molecular complexity index is 1270. The Morgan fingerprint density at radius 2 is 1.97 bits per heavy atom. The average Bonchev–Trinajstić information content (AvgIpc) is 3.09. The van der Waals surface area contributed by atoms with Gasteiger partial charge in [0.05, 0.1) is 27.5 Å². The summed E-state index contributed by atoms with van der Waals surface area (Å²) in [6.07, 6.45) is -4.54. The maximum Gasteiger partial charge on any atom is 0.416 e. The zero-order chi connectivity index (χ0) is 21.5. The molecule has 30 heavy (non-hydrogen) atoms. The van der Waals surface area contributed by atoms with E-state index in [1.807, 2.05) is 24.3 Å². The van der Waals surface area contributed by atoms with Crippen molar-refractivity contribution < 1.29 is 18.0 Å². The van der Waals surface area contributed by atoms with E-state index in [2.05, 4.69) is 20.4 Å². The molecule has 4 rings (SSSR count). The quantitative estimate of drug-likeness (QED) is 0.349. The molecule has 0 unspecified atom stereocenters. The highest BCUT2D eigenvalue weighted by Crippen LogP contribution is 2.34. The van der Waals surface area contributed by atoms with Crippen molar-refractivity contribution in [1.29, 1.82) is 0 Å². The maximum atomic E-state index is 12.9. The molecule has 0 saturated carbocycles. The molecule has 0 fully saturated rings. The minimum atomic E-state index is -4.54. The summed E-state index contributed by atoms with van der Waals surface area (Å²) in [4.78, 5) is 21.3. The van der Waals surface area contributed by atoms with E-state index in [-0.39, 0.29) is 16.5 Å². The SMILES string of the molecule is Cc1nc2c3ccccc3nc(SCC(=O)Nc3cc(C(F)(F)F)ccc3Cl)n2n1. The van der Waals surface area contributed by atoms with Crippen molar-refractivity contribution in [3.8, 4) is 0 Å². The molecular weight excluding hydrogens is 439 g/mol. The highest BCUT2D eigenvalue weighted by Gasteiger charge is 2.31. The largest absolute Gasteiger partial charge is 0.416 e. The maximum absolute atomic E-state index is 12.9. The zero-order valence-corrected chi connectivity index (χ0v) is 16.9. The topological polar surface area (TPSA) is 72.2 Å². The third kappa shape index (κ3) is 4.05. The van der Waals surface area contributed by atoms with E-state index in [9.17, 15) is 18.0 Å². The number of hydrogen-bond donors (Lipinski definition) is 1. The van der Waals surface area contributed by atoms with Crippen molar-refractivity contribution in [3.63, 3.8) is 0 Å². The lowest BCUT2D eigenvalue weighted by Gasteiger charge is -2.11. The van der Waals surface area contributed by atoms with Gasteiger partial charge in [-0.25, -0.2) is 9.97 Å². The molecule has 0 radical (unpaired) electrons. The first kappa shape index (κ1) is 20.4. The molecule has 1 amide bonds. The molecule has 2 aromatic heterocycles. The Balaban J connectivity index is 1.57. The molecule has 0 atom stereocenters. The van der Waals surface area contributed by atoms with Crippen LogP contribution in [0.25, 0.3) is 16.6 Å². The van der Waals surface area contributed by atoms with Gasteiger partial charge >= 0.3 is 6.18 Å². The number of anilines is 1. The van der Waals surface area contributed by atoms with Crippen LogP contribution in [0.2, 0.25) is 5.02 Å². The number of thioether (sulfide) groups is 1. The summed E-state index contributed by atoms with van der Waals surface area (Å²) in [7, 11) is 0. The number of hydrogen-bond acceptors (Lipinski definition) is 5. The molecule has 0 bridgehead atoms. The standard InChI is InChI=1S/C19H13ClF3N5OS/c1-10-24-17-12-4-2-3-5-14(12)26-18(28(17)27-10)30-9-16(29)25-15-8-11(19(21,22)23)6-7-13(15)20/h2-8H,9H2,1H3,(H,25,29). The summed E-state index contributed by atoms with van der Waals surface area (Å²) in [5.74, 6) is -0.0808. The number of rotatable bonds is 4. The molecule has 11 heteroatoms. The van der Waals surface area contributed by atoms with Crippen molar-refractivity contribution in [3.05, 3.63) is 58.9 Å². The van der Waals surface area contributed by atoms with Gasteiger partial charge in [0, 0.05) is 5.39 Å². The molecule has 1 N–H and O–H groups in total. The van der Waals surface area contributed by atoms with E-state index in [0.29, 0.717) is 22.1 Å². The van der Waals surface area contributed by atoms with E-state index < -0.39 is 17.6 Å². The predicted octanol–water partition coefficient (Wildman–Crippen LogP) is 4.99. The van der Waals surface area contributed by atoms with E-state index in [4.69, 9.17) is 11.6 Å². The number of carbonyl (C=O) groups is 1. The zero-order valence-electron chi connectivity index (χ0n) is 15.4. The summed E-state index contributed by atoms with van der Waals surface area (Å²) in [5.41, 5.74) is 0.305. The lowest BCUT2D eigenvalue weighted by Crippen LogP contribution is -2.16. The van der Waals surface area contributed by atoms with Gasteiger partial charge in [0.25, 0.3) is 0 Å². The number of aromatic nitrogens is 4. The molecule has 2 heterocycles. The lowest BCUT2D eigenvalue weighted by atomic mass is 10.2. The second kappa shape index (κ2) is 7.77. The fraction of sp³-hybridized carbons (Fsp3) is 0.158. The van der Waals surface area contributed by atoms with Gasteiger partial charge in [0.15, 0.2) is 10.8 Å². The summed E-state index contributed by atoms with van der Waals surface area (Å²) in [6.45, 7) is 1.75. The van der Waals surface area contributed by atoms with Crippen molar-refractivity contribution >= 4 is 51.5 Å². The minimum absolute atomic E-state index is 0.0134. The van der Waals surface area contributed by atoms with Crippen molar-refractivity contribution in [1.82, 2.24) is 19.6 Å². The first-order chi connectivity index (χ1) is 14.2. The fourth-order valence-corrected chi connectivity index (χ4v) is 3.75. The Kier molecular flexibility index (Phi) is 5.29. The highest BCUT2D eigenvalue weighted by atomic mass is 35.5. The predicted molar refractivity (Wildman–Crippen MR) is 109 cm³/mol. The molecule has 154 valence electrons. The highest BCUT2D eigenvalue weighted by molar-refractivity contribution is 7.99. The summed E-state index contributed by atoms with van der Waals surface area (Å²) < 4.78 is 40.3. The summed E-state index contributed by atoms with van der Waals surface area (Å²) in [5, 5.41) is 8.02. The number of alkyl halides is 3. The van der Waals surface area contributed by atoms with Gasteiger partial charge in [-0.15, -0.1) is 5.10 Å². The second-order valence-electron chi connectivity index (χ2n) is 6.34. The van der Waals surface area contributed by atoms with Crippen LogP contribution >= 0.6 is 23.4 Å². The van der Waals surface area contributed by atoms with Gasteiger partial charge in [-0.2, -0.15) is 17.7 Å². The number of para-hydroxylation sites is 1. The van der Waals surface area contributed by atoms with Crippen LogP contribution in [0.3, 0.4) is 0 Å². The Morgan fingerprint density at radius 1 is 1.20 bits per heavy atom. The minimum Gasteiger partial charge on any atom is -0.324 e. The van der Waals surface area contributed by atoms with E-state index in [0.717, 1.165) is 35.3 Å². The summed E-state index contributed by atoms with van der Waals surface area (Å²) in [6, 6.07) is 10.2. The fourth-order valence-electron chi connectivity index (χ4n) is 2.84. The van der Waals surface area contributed by atoms with E-state index in [1.165, 1.54) is 0 Å². The number of nitrogens with zero attached hydrogens (tertiary/aromatic N) is 4. The molecular formula is C19H13ClF3N5OS. The number of nitrogens with one attached hydrogen (secondary N) is 1. The van der Waals surface area contributed by atoms with E-state index >= 15 is 0 Å². The first-order valence-electron chi connectivity index (χ1n) is 8.64. The van der Waals surface area contributed by atoms with Crippen LogP contribution in [-0.2, 0) is 11.0 Å². The van der Waals surface area contributed by atoms with Gasteiger partial charge in [0.1, 0.15) is 5.82 Å². The lowest BCUT2D eigenvalue weighted by molar-refractivity contribution is -0.137. The Hall–Kier alpha value is -2.85. The molecule has 0 aliphatic carbocycles. The van der Waals surface area contributed by atoms with E-state index in [1.54, 1.807) is 11.4 Å². The second-order valence-corrected chi connectivity index (χ2v) is 7.68. The van der Waals surface area contributed by atoms with Crippen molar-refractivity contribution in [2.75, 3.05) is 11.1 Å². The number of amides is 1. The number of fused-ring (bicyclic) bond motifs is 3. The van der Waals surface area contributed by atoms with Gasteiger partial charge in [-0.05, 0) is 37.3 Å². The van der Waals surface area contributed by atoms with Crippen molar-refractivity contribution in [2.24, 2.45) is 0 Å². The molecule has 0 spiro atoms. The molecule has 0 saturated heterocycles. The van der Waals surface area contributed by atoms with Crippen LogP contribution in [0, 0.1) is 6.92 Å². The smallest absolute Gasteiger partial charge is 0.324 e. The molecule has 4 aromatic rings.